The van der Waals surface area contributed by atoms with Crippen LogP contribution in [0.25, 0.3) is 0 Å². The average molecular weight is 222 g/mol. The van der Waals surface area contributed by atoms with Crippen molar-refractivity contribution < 1.29 is 13.9 Å². The highest BCUT2D eigenvalue weighted by atomic mass is 19.1. The Balaban J connectivity index is 2.18. The number of rotatable bonds is 3. The van der Waals surface area contributed by atoms with Crippen LogP contribution in [-0.4, -0.2) is 18.5 Å². The van der Waals surface area contributed by atoms with Gasteiger partial charge < -0.3 is 4.74 Å². The molecular formula is C13H15FO2. The Morgan fingerprint density at radius 3 is 3.06 bits per heavy atom. The van der Waals surface area contributed by atoms with Gasteiger partial charge in [0.15, 0.2) is 5.78 Å². The first kappa shape index (κ1) is 11.3. The van der Waals surface area contributed by atoms with Crippen molar-refractivity contribution in [3.05, 3.63) is 35.6 Å². The van der Waals surface area contributed by atoms with E-state index in [1.54, 1.807) is 12.1 Å². The average Bonchev–Trinajstić information content (AvgIpc) is 2.76. The van der Waals surface area contributed by atoms with Crippen molar-refractivity contribution in [3.8, 4) is 0 Å². The predicted molar refractivity (Wildman–Crippen MR) is 58.9 cm³/mol. The summed E-state index contributed by atoms with van der Waals surface area (Å²) >= 11 is 0. The standard InChI is InChI=1S/C13H15FO2/c1-2-12-11(6-7-16-12)13(15)9-4-3-5-10(14)8-9/h3-5,8,11-12H,2,6-7H2,1H3. The van der Waals surface area contributed by atoms with Gasteiger partial charge in [0.1, 0.15) is 5.82 Å². The van der Waals surface area contributed by atoms with E-state index in [-0.39, 0.29) is 23.6 Å². The Morgan fingerprint density at radius 1 is 1.56 bits per heavy atom. The van der Waals surface area contributed by atoms with Crippen LogP contribution in [0.2, 0.25) is 0 Å². The largest absolute Gasteiger partial charge is 0.377 e. The Morgan fingerprint density at radius 2 is 2.38 bits per heavy atom. The van der Waals surface area contributed by atoms with Gasteiger partial charge in [-0.3, -0.25) is 4.79 Å². The van der Waals surface area contributed by atoms with Gasteiger partial charge in [-0.1, -0.05) is 19.1 Å². The molecule has 1 aromatic carbocycles. The molecule has 1 fully saturated rings. The topological polar surface area (TPSA) is 26.3 Å². The summed E-state index contributed by atoms with van der Waals surface area (Å²) in [6.07, 6.45) is 1.57. The van der Waals surface area contributed by atoms with Crippen molar-refractivity contribution in [2.75, 3.05) is 6.61 Å². The molecule has 2 atom stereocenters. The number of halogens is 1. The summed E-state index contributed by atoms with van der Waals surface area (Å²) in [5, 5.41) is 0. The number of ketones is 1. The zero-order chi connectivity index (χ0) is 11.5. The second kappa shape index (κ2) is 4.74. The van der Waals surface area contributed by atoms with Gasteiger partial charge in [0.05, 0.1) is 12.0 Å². The summed E-state index contributed by atoms with van der Waals surface area (Å²) in [6, 6.07) is 5.88. The van der Waals surface area contributed by atoms with Crippen LogP contribution < -0.4 is 0 Å². The van der Waals surface area contributed by atoms with Crippen LogP contribution in [0.1, 0.15) is 30.1 Å². The second-order valence-corrected chi connectivity index (χ2v) is 4.09. The third kappa shape index (κ3) is 2.14. The number of benzene rings is 1. The van der Waals surface area contributed by atoms with Gasteiger partial charge in [0.2, 0.25) is 0 Å². The minimum atomic E-state index is -0.363. The molecule has 1 aliphatic rings. The lowest BCUT2D eigenvalue weighted by atomic mass is 9.90. The molecule has 2 unspecified atom stereocenters. The van der Waals surface area contributed by atoms with Crippen LogP contribution in [0.4, 0.5) is 4.39 Å². The molecule has 0 amide bonds. The maximum atomic E-state index is 13.0. The summed E-state index contributed by atoms with van der Waals surface area (Å²) in [4.78, 5) is 12.1. The molecule has 1 saturated heterocycles. The number of carbonyl (C=O) groups excluding carboxylic acids is 1. The lowest BCUT2D eigenvalue weighted by Crippen LogP contribution is -2.23. The Hall–Kier alpha value is -1.22. The first-order chi connectivity index (χ1) is 7.72. The van der Waals surface area contributed by atoms with E-state index in [2.05, 4.69) is 0 Å². The Bertz CT molecular complexity index is 389. The maximum Gasteiger partial charge on any atom is 0.168 e. The van der Waals surface area contributed by atoms with Gasteiger partial charge >= 0.3 is 0 Å². The van der Waals surface area contributed by atoms with Gasteiger partial charge in [-0.05, 0) is 25.0 Å². The first-order valence-corrected chi connectivity index (χ1v) is 5.63. The highest BCUT2D eigenvalue weighted by Gasteiger charge is 2.33. The maximum absolute atomic E-state index is 13.0. The molecule has 2 rings (SSSR count). The lowest BCUT2D eigenvalue weighted by molar-refractivity contribution is 0.0689. The summed E-state index contributed by atoms with van der Waals surface area (Å²) in [6.45, 7) is 2.63. The molecule has 0 N–H and O–H groups in total. The molecule has 0 radical (unpaired) electrons. The molecule has 2 nitrogen and oxygen atoms in total. The molecule has 86 valence electrons. The molecule has 16 heavy (non-hydrogen) atoms. The van der Waals surface area contributed by atoms with E-state index in [4.69, 9.17) is 4.74 Å². The van der Waals surface area contributed by atoms with E-state index >= 15 is 0 Å². The van der Waals surface area contributed by atoms with Crippen molar-refractivity contribution in [2.24, 2.45) is 5.92 Å². The highest BCUT2D eigenvalue weighted by Crippen LogP contribution is 2.27. The smallest absolute Gasteiger partial charge is 0.168 e. The fourth-order valence-electron chi connectivity index (χ4n) is 2.21. The van der Waals surface area contributed by atoms with Crippen LogP contribution >= 0.6 is 0 Å². The number of carbonyl (C=O) groups is 1. The molecule has 0 bridgehead atoms. The highest BCUT2D eigenvalue weighted by molar-refractivity contribution is 5.98. The lowest BCUT2D eigenvalue weighted by Gasteiger charge is -2.15. The monoisotopic (exact) mass is 222 g/mol. The van der Waals surface area contributed by atoms with Crippen LogP contribution in [0.15, 0.2) is 24.3 Å². The van der Waals surface area contributed by atoms with Crippen molar-refractivity contribution in [3.63, 3.8) is 0 Å². The summed E-state index contributed by atoms with van der Waals surface area (Å²) in [5.41, 5.74) is 0.453. The van der Waals surface area contributed by atoms with Crippen LogP contribution in [0.5, 0.6) is 0 Å². The molecule has 1 heterocycles. The van der Waals surface area contributed by atoms with Crippen LogP contribution in [0.3, 0.4) is 0 Å². The molecular weight excluding hydrogens is 207 g/mol. The minimum Gasteiger partial charge on any atom is -0.377 e. The quantitative estimate of drug-likeness (QED) is 0.735. The molecule has 0 aliphatic carbocycles. The molecule has 1 aromatic rings. The van der Waals surface area contributed by atoms with Gasteiger partial charge in [-0.2, -0.15) is 0 Å². The normalized spacial score (nSPS) is 24.6. The van der Waals surface area contributed by atoms with E-state index in [1.165, 1.54) is 12.1 Å². The van der Waals surface area contributed by atoms with Gasteiger partial charge in [0, 0.05) is 12.2 Å². The van der Waals surface area contributed by atoms with Gasteiger partial charge in [0.25, 0.3) is 0 Å². The zero-order valence-electron chi connectivity index (χ0n) is 9.28. The van der Waals surface area contributed by atoms with Crippen molar-refractivity contribution >= 4 is 5.78 Å². The Kier molecular flexibility index (Phi) is 3.34. The van der Waals surface area contributed by atoms with E-state index in [0.29, 0.717) is 12.2 Å². The summed E-state index contributed by atoms with van der Waals surface area (Å²) in [5.74, 6) is -0.464. The molecule has 0 aromatic heterocycles. The number of Topliss-reactive ketones (excluding diaryl/α,β-unsaturated/α-hetero) is 1. The molecule has 0 saturated carbocycles. The minimum absolute atomic E-state index is 0.00356. The van der Waals surface area contributed by atoms with Crippen molar-refractivity contribution in [1.82, 2.24) is 0 Å². The molecule has 1 aliphatic heterocycles. The Labute approximate surface area is 94.4 Å². The third-order valence-corrected chi connectivity index (χ3v) is 3.06. The SMILES string of the molecule is CCC1OCCC1C(=O)c1cccc(F)c1. The van der Waals surface area contributed by atoms with E-state index in [0.717, 1.165) is 12.8 Å². The summed E-state index contributed by atoms with van der Waals surface area (Å²) < 4.78 is 18.5. The number of hydrogen-bond donors (Lipinski definition) is 0. The van der Waals surface area contributed by atoms with E-state index in [9.17, 15) is 9.18 Å². The summed E-state index contributed by atoms with van der Waals surface area (Å²) in [7, 11) is 0. The number of hydrogen-bond acceptors (Lipinski definition) is 2. The van der Waals surface area contributed by atoms with E-state index < -0.39 is 0 Å². The van der Waals surface area contributed by atoms with Crippen LogP contribution in [-0.2, 0) is 4.74 Å². The molecule has 0 spiro atoms. The second-order valence-electron chi connectivity index (χ2n) is 4.09. The zero-order valence-corrected chi connectivity index (χ0v) is 9.28. The number of ether oxygens (including phenoxy) is 1. The van der Waals surface area contributed by atoms with Gasteiger partial charge in [-0.15, -0.1) is 0 Å². The third-order valence-electron chi connectivity index (χ3n) is 3.06. The van der Waals surface area contributed by atoms with Crippen molar-refractivity contribution in [1.29, 1.82) is 0 Å². The van der Waals surface area contributed by atoms with Crippen molar-refractivity contribution in [2.45, 2.75) is 25.9 Å². The fraction of sp³-hybridized carbons (Fsp3) is 0.462. The van der Waals surface area contributed by atoms with Crippen LogP contribution in [0, 0.1) is 11.7 Å². The first-order valence-electron chi connectivity index (χ1n) is 5.63. The molecule has 3 heteroatoms. The van der Waals surface area contributed by atoms with Gasteiger partial charge in [-0.25, -0.2) is 4.39 Å². The predicted octanol–water partition coefficient (Wildman–Crippen LogP) is 2.82. The van der Waals surface area contributed by atoms with E-state index in [1.807, 2.05) is 6.92 Å². The fourth-order valence-corrected chi connectivity index (χ4v) is 2.21.